The van der Waals surface area contributed by atoms with Crippen LogP contribution in [0.1, 0.15) is 25.7 Å². The molecule has 0 aliphatic carbocycles. The van der Waals surface area contributed by atoms with Gasteiger partial charge in [0, 0.05) is 61.9 Å². The average Bonchev–Trinajstić information content (AvgIpc) is 2.59. The summed E-state index contributed by atoms with van der Waals surface area (Å²) in [6.45, 7) is 0.554. The molecule has 0 unspecified atom stereocenters. The molecule has 0 aromatic rings. The van der Waals surface area contributed by atoms with Gasteiger partial charge in [-0.1, -0.05) is 0 Å². The zero-order valence-corrected chi connectivity index (χ0v) is 30.5. The van der Waals surface area contributed by atoms with Crippen molar-refractivity contribution in [3.63, 3.8) is 0 Å². The summed E-state index contributed by atoms with van der Waals surface area (Å²) in [5.41, 5.74) is -0.848. The molecule has 0 atom stereocenters. The van der Waals surface area contributed by atoms with Crippen molar-refractivity contribution in [3.05, 3.63) is 0 Å². The Morgan fingerprint density at radius 3 is 1.00 bits per heavy atom. The summed E-state index contributed by atoms with van der Waals surface area (Å²) < 4.78 is 0. The van der Waals surface area contributed by atoms with E-state index >= 15 is 0 Å². The van der Waals surface area contributed by atoms with E-state index in [1.54, 1.807) is 0 Å². The first-order valence-corrected chi connectivity index (χ1v) is 9.65. The average molecular weight is 776 g/mol. The quantitative estimate of drug-likeness (QED) is 0.0940. The molecule has 0 heterocycles. The third kappa shape index (κ3) is 31.4. The molecule has 0 amide bonds. The molecule has 0 bridgehead atoms. The fourth-order valence-electron chi connectivity index (χ4n) is 1.61. The largest absolute Gasteiger partial charge is 2.00 e. The van der Waals surface area contributed by atoms with Crippen molar-refractivity contribution in [2.75, 3.05) is 18.1 Å². The molecule has 17 nitrogen and oxygen atoms in total. The van der Waals surface area contributed by atoms with E-state index in [0.717, 1.165) is 5.75 Å². The number of nitrogens with two attached hydrogens (primary N) is 1. The molecule has 0 radical (unpaired) electrons. The first-order valence-electron chi connectivity index (χ1n) is 8.49. The second kappa shape index (κ2) is 27.1. The van der Waals surface area contributed by atoms with Crippen LogP contribution in [-0.4, -0.2) is 223 Å². The van der Waals surface area contributed by atoms with Gasteiger partial charge in [-0.3, -0.25) is 4.79 Å². The van der Waals surface area contributed by atoms with Crippen LogP contribution in [0, 0.1) is 0 Å². The van der Waals surface area contributed by atoms with Gasteiger partial charge in [-0.25, -0.2) is 0 Å². The summed E-state index contributed by atoms with van der Waals surface area (Å²) in [7, 11) is 0. The fraction of sp³-hybridized carbons (Fsp3) is 0.562. The Labute approximate surface area is 324 Å². The van der Waals surface area contributed by atoms with Gasteiger partial charge in [0.1, 0.15) is 11.2 Å². The number of thioether (sulfide) groups is 1. The fourth-order valence-corrected chi connectivity index (χ4v) is 2.10. The Morgan fingerprint density at radius 2 is 0.865 bits per heavy atom. The number of carbonyl (C=O) groups is 7. The van der Waals surface area contributed by atoms with Gasteiger partial charge in [-0.2, -0.15) is 0 Å². The minimum Gasteiger partial charge on any atom is -0.550 e. The maximum absolute atomic E-state index is 10.1. The van der Waals surface area contributed by atoms with E-state index in [-0.39, 0.29) is 142 Å². The second-order valence-corrected chi connectivity index (χ2v) is 7.17. The van der Waals surface area contributed by atoms with Crippen molar-refractivity contribution >= 4 is 190 Å². The molecule has 5 N–H and O–H groups in total. The third-order valence-corrected chi connectivity index (χ3v) is 3.97. The first-order chi connectivity index (χ1) is 15.3. The van der Waals surface area contributed by atoms with Crippen LogP contribution in [0.3, 0.4) is 0 Å². The van der Waals surface area contributed by atoms with Crippen LogP contribution in [0.15, 0.2) is 0 Å². The molecule has 0 aromatic carbocycles. The SMILES string of the molecule is NCCSCC(=O)O.O=C([O-])CC(O)(CC(=O)[O-])C(=O)[O-].O=C([O-])CC(O)(CC(=O)[O-])C(=O)[O-].[Sr+2].[Sr+2].[Sr+2]. The van der Waals surface area contributed by atoms with Crippen LogP contribution in [0.4, 0.5) is 0 Å². The minimum absolute atomic E-state index is 0. The number of hydrogen-bond acceptors (Lipinski definition) is 17. The van der Waals surface area contributed by atoms with Gasteiger partial charge >= 0.3 is 142 Å². The first kappa shape index (κ1) is 50.8. The zero-order valence-electron chi connectivity index (χ0n) is 19.2. The Kier molecular flexibility index (Phi) is 37.2. The van der Waals surface area contributed by atoms with E-state index in [9.17, 15) is 64.2 Å². The van der Waals surface area contributed by atoms with Crippen molar-refractivity contribution in [2.24, 2.45) is 5.73 Å². The Morgan fingerprint density at radius 1 is 0.622 bits per heavy atom. The van der Waals surface area contributed by atoms with E-state index in [4.69, 9.17) is 21.1 Å². The number of carbonyl (C=O) groups excluding carboxylic acids is 6. The molecular weight excluding hydrogens is 757 g/mol. The predicted octanol–water partition coefficient (Wildman–Crippen LogP) is -11.9. The molecular formula is C16H19NO16SSr3. The van der Waals surface area contributed by atoms with Gasteiger partial charge in [0.05, 0.1) is 17.7 Å². The molecule has 0 saturated heterocycles. The summed E-state index contributed by atoms with van der Waals surface area (Å²) in [6.07, 6.45) is -5.43. The van der Waals surface area contributed by atoms with Gasteiger partial charge < -0.3 is 80.5 Å². The van der Waals surface area contributed by atoms with Crippen LogP contribution < -0.4 is 36.4 Å². The molecule has 0 aliphatic rings. The monoisotopic (exact) mass is 777 g/mol. The molecule has 0 saturated carbocycles. The summed E-state index contributed by atoms with van der Waals surface area (Å²) in [5.74, 6) is -11.9. The van der Waals surface area contributed by atoms with Gasteiger partial charge in [-0.05, 0) is 0 Å². The van der Waals surface area contributed by atoms with E-state index in [0.29, 0.717) is 6.54 Å². The van der Waals surface area contributed by atoms with Gasteiger partial charge in [-0.15, -0.1) is 11.8 Å². The molecule has 196 valence electrons. The van der Waals surface area contributed by atoms with Crippen LogP contribution >= 0.6 is 11.8 Å². The smallest absolute Gasteiger partial charge is 0.550 e. The second-order valence-electron chi connectivity index (χ2n) is 6.07. The van der Waals surface area contributed by atoms with Gasteiger partial charge in [0.15, 0.2) is 0 Å². The van der Waals surface area contributed by atoms with Crippen molar-refractivity contribution in [1.82, 2.24) is 0 Å². The number of carboxylic acid groups (broad SMARTS) is 7. The van der Waals surface area contributed by atoms with Gasteiger partial charge in [0.2, 0.25) is 0 Å². The Bertz CT molecular complexity index is 682. The maximum atomic E-state index is 10.1. The summed E-state index contributed by atoms with van der Waals surface area (Å²) in [5, 5.41) is 85.9. The topological polar surface area (TPSA) is 345 Å². The van der Waals surface area contributed by atoms with E-state index in [1.165, 1.54) is 11.8 Å². The molecule has 0 aliphatic heterocycles. The Hall–Kier alpha value is 0.962. The van der Waals surface area contributed by atoms with Crippen LogP contribution in [0.25, 0.3) is 0 Å². The molecule has 0 rings (SSSR count). The Balaban J connectivity index is -0.0000000962. The number of hydrogen-bond donors (Lipinski definition) is 4. The van der Waals surface area contributed by atoms with Crippen molar-refractivity contribution < 1.29 is 79.5 Å². The minimum atomic E-state index is -2.97. The molecule has 0 fully saturated rings. The van der Waals surface area contributed by atoms with Gasteiger partial charge in [0.25, 0.3) is 0 Å². The standard InChI is InChI=1S/2C6H8O7.C4H9NO2S.3Sr/c2*7-3(8)1-6(13,5(11)12)2-4(9)10;5-1-2-8-3-4(6)7;;;/h2*13H,1-2H2,(H,7,8)(H,9,10)(H,11,12);1-3,5H2,(H,6,7);;;/q;;;3*+2/p-6. The number of carboxylic acids is 7. The van der Waals surface area contributed by atoms with E-state index in [1.807, 2.05) is 0 Å². The predicted molar refractivity (Wildman–Crippen MR) is 110 cm³/mol. The molecule has 37 heavy (non-hydrogen) atoms. The number of rotatable bonds is 14. The number of aliphatic hydroxyl groups is 2. The van der Waals surface area contributed by atoms with E-state index < -0.39 is 78.7 Å². The summed E-state index contributed by atoms with van der Waals surface area (Å²) in [4.78, 5) is 69.8. The van der Waals surface area contributed by atoms with Crippen LogP contribution in [0.5, 0.6) is 0 Å². The summed E-state index contributed by atoms with van der Waals surface area (Å²) in [6, 6.07) is 0. The van der Waals surface area contributed by atoms with Crippen molar-refractivity contribution in [1.29, 1.82) is 0 Å². The normalized spacial score (nSPS) is 9.59. The molecule has 21 heteroatoms. The van der Waals surface area contributed by atoms with E-state index in [2.05, 4.69) is 0 Å². The maximum Gasteiger partial charge on any atom is 2.00 e. The molecule has 0 aromatic heterocycles. The van der Waals surface area contributed by atoms with Crippen molar-refractivity contribution in [3.8, 4) is 0 Å². The number of aliphatic carboxylic acids is 7. The summed E-state index contributed by atoms with van der Waals surface area (Å²) >= 11 is 1.34. The third-order valence-electron chi connectivity index (χ3n) is 2.99. The molecule has 0 spiro atoms. The van der Waals surface area contributed by atoms with Crippen LogP contribution in [0.2, 0.25) is 0 Å². The van der Waals surface area contributed by atoms with Crippen LogP contribution in [-0.2, 0) is 33.6 Å². The zero-order chi connectivity index (χ0) is 27.7. The van der Waals surface area contributed by atoms with Crippen molar-refractivity contribution in [2.45, 2.75) is 36.9 Å².